The fraction of sp³-hybridized carbons (Fsp3) is 0.533. The number of hydrogen-bond donors (Lipinski definition) is 0. The van der Waals surface area contributed by atoms with E-state index in [1.54, 1.807) is 41.5 Å². The number of amides is 1. The Labute approximate surface area is 136 Å². The summed E-state index contributed by atoms with van der Waals surface area (Å²) in [4.78, 5) is 15.8. The topological polar surface area (TPSA) is 53.7 Å². The first-order valence-electron chi connectivity index (χ1n) is 7.56. The summed E-state index contributed by atoms with van der Waals surface area (Å²) < 4.78 is 39.4. The van der Waals surface area contributed by atoms with E-state index in [9.17, 15) is 18.0 Å². The molecule has 1 saturated heterocycles. The number of piperazine rings is 1. The van der Waals surface area contributed by atoms with E-state index in [0.717, 1.165) is 0 Å². The number of hydrogen-bond acceptors (Lipinski definition) is 4. The van der Waals surface area contributed by atoms with Gasteiger partial charge in [-0.3, -0.25) is 14.1 Å². The van der Waals surface area contributed by atoms with Gasteiger partial charge >= 0.3 is 6.18 Å². The molecule has 0 unspecified atom stereocenters. The molecule has 0 N–H and O–H groups in total. The number of fused-ring (bicyclic) bond motifs is 1. The molecule has 0 radical (unpaired) electrons. The maximum absolute atomic E-state index is 12.8. The summed E-state index contributed by atoms with van der Waals surface area (Å²) in [6.45, 7) is 3.24. The van der Waals surface area contributed by atoms with Crippen molar-refractivity contribution in [1.29, 1.82) is 0 Å². The molecule has 3 heterocycles. The summed E-state index contributed by atoms with van der Waals surface area (Å²) in [5.74, 6) is -0.206. The van der Waals surface area contributed by atoms with E-state index in [2.05, 4.69) is 10.2 Å². The molecule has 1 aliphatic rings. The summed E-state index contributed by atoms with van der Waals surface area (Å²) in [5.41, 5.74) is 0.392. The minimum atomic E-state index is -4.23. The largest absolute Gasteiger partial charge is 0.401 e. The van der Waals surface area contributed by atoms with Crippen molar-refractivity contribution in [3.63, 3.8) is 0 Å². The first-order valence-corrected chi connectivity index (χ1v) is 7.56. The second-order valence-corrected chi connectivity index (χ2v) is 6.61. The Bertz CT molecular complexity index is 755. The highest BCUT2D eigenvalue weighted by atomic mass is 19.4. The Balaban J connectivity index is 1.77. The summed E-state index contributed by atoms with van der Waals surface area (Å²) in [7, 11) is 0. The molecule has 2 aromatic rings. The molecule has 1 aliphatic heterocycles. The highest BCUT2D eigenvalue weighted by Gasteiger charge is 2.40. The van der Waals surface area contributed by atoms with Crippen LogP contribution in [0.15, 0.2) is 24.7 Å². The molecule has 1 amide bonds. The molecule has 9 heteroatoms. The molecule has 0 bridgehead atoms. The van der Waals surface area contributed by atoms with Gasteiger partial charge in [-0.25, -0.2) is 0 Å². The van der Waals surface area contributed by atoms with E-state index in [-0.39, 0.29) is 25.5 Å². The Morgan fingerprint density at radius 1 is 1.29 bits per heavy atom. The standard InChI is InChI=1S/C15H18F3N5O/c1-14(2)8-21(9-15(16,17)18)5-6-23(14)13(24)11-3-4-12-20-19-10-22(12)7-11/h3-4,7,10H,5-6,8-9H2,1-2H3. The molecular weight excluding hydrogens is 323 g/mol. The quantitative estimate of drug-likeness (QED) is 0.836. The average Bonchev–Trinajstić information content (AvgIpc) is 2.91. The van der Waals surface area contributed by atoms with Gasteiger partial charge in [-0.15, -0.1) is 10.2 Å². The number of nitrogens with zero attached hydrogens (tertiary/aromatic N) is 5. The number of carbonyl (C=O) groups is 1. The molecule has 130 valence electrons. The minimum absolute atomic E-state index is 0.174. The fourth-order valence-electron chi connectivity index (χ4n) is 3.13. The van der Waals surface area contributed by atoms with E-state index in [0.29, 0.717) is 11.2 Å². The molecule has 0 aliphatic carbocycles. The van der Waals surface area contributed by atoms with Gasteiger partial charge in [0, 0.05) is 25.8 Å². The number of aromatic nitrogens is 3. The smallest absolute Gasteiger partial charge is 0.331 e. The van der Waals surface area contributed by atoms with E-state index in [1.807, 2.05) is 0 Å². The highest BCUT2D eigenvalue weighted by Crippen LogP contribution is 2.26. The Hall–Kier alpha value is -2.16. The summed E-state index contributed by atoms with van der Waals surface area (Å²) in [6.07, 6.45) is -1.10. The van der Waals surface area contributed by atoms with Crippen LogP contribution < -0.4 is 0 Å². The van der Waals surface area contributed by atoms with Gasteiger partial charge < -0.3 is 4.90 Å². The van der Waals surface area contributed by atoms with Crippen molar-refractivity contribution in [2.75, 3.05) is 26.2 Å². The Morgan fingerprint density at radius 2 is 2.04 bits per heavy atom. The number of halogens is 3. The van der Waals surface area contributed by atoms with Gasteiger partial charge in [0.2, 0.25) is 0 Å². The second-order valence-electron chi connectivity index (χ2n) is 6.61. The van der Waals surface area contributed by atoms with Crippen LogP contribution in [0.25, 0.3) is 5.65 Å². The number of pyridine rings is 1. The zero-order valence-electron chi connectivity index (χ0n) is 13.4. The number of alkyl halides is 3. The van der Waals surface area contributed by atoms with Gasteiger partial charge in [0.1, 0.15) is 6.33 Å². The van der Waals surface area contributed by atoms with Crippen LogP contribution in [0.1, 0.15) is 24.2 Å². The lowest BCUT2D eigenvalue weighted by atomic mass is 9.97. The van der Waals surface area contributed by atoms with Crippen molar-refractivity contribution in [3.8, 4) is 0 Å². The van der Waals surface area contributed by atoms with E-state index in [4.69, 9.17) is 0 Å². The van der Waals surface area contributed by atoms with Crippen molar-refractivity contribution < 1.29 is 18.0 Å². The van der Waals surface area contributed by atoms with Crippen LogP contribution in [0.5, 0.6) is 0 Å². The first-order chi connectivity index (χ1) is 11.2. The van der Waals surface area contributed by atoms with Crippen LogP contribution in [0.2, 0.25) is 0 Å². The molecular formula is C15H18F3N5O. The summed E-state index contributed by atoms with van der Waals surface area (Å²) in [5, 5.41) is 7.64. The minimum Gasteiger partial charge on any atom is -0.331 e. The monoisotopic (exact) mass is 341 g/mol. The molecule has 24 heavy (non-hydrogen) atoms. The summed E-state index contributed by atoms with van der Waals surface area (Å²) >= 11 is 0. The van der Waals surface area contributed by atoms with Crippen LogP contribution in [0.3, 0.4) is 0 Å². The third-order valence-electron chi connectivity index (χ3n) is 4.17. The van der Waals surface area contributed by atoms with Crippen LogP contribution in [0.4, 0.5) is 13.2 Å². The van der Waals surface area contributed by atoms with Gasteiger partial charge in [-0.1, -0.05) is 0 Å². The molecule has 0 aromatic carbocycles. The fourth-order valence-corrected chi connectivity index (χ4v) is 3.13. The maximum Gasteiger partial charge on any atom is 0.401 e. The van der Waals surface area contributed by atoms with Gasteiger partial charge in [0.05, 0.1) is 17.6 Å². The van der Waals surface area contributed by atoms with Crippen LogP contribution in [0, 0.1) is 0 Å². The zero-order valence-corrected chi connectivity index (χ0v) is 13.4. The lowest BCUT2D eigenvalue weighted by molar-refractivity contribution is -0.153. The van der Waals surface area contributed by atoms with Crippen LogP contribution in [-0.4, -0.2) is 68.2 Å². The SMILES string of the molecule is CC1(C)CN(CC(F)(F)F)CCN1C(=O)c1ccc2nncn2c1. The van der Waals surface area contributed by atoms with Crippen molar-refractivity contribution in [3.05, 3.63) is 30.2 Å². The van der Waals surface area contributed by atoms with Gasteiger partial charge in [-0.2, -0.15) is 13.2 Å². The highest BCUT2D eigenvalue weighted by molar-refractivity contribution is 5.94. The van der Waals surface area contributed by atoms with Gasteiger partial charge in [0.25, 0.3) is 5.91 Å². The predicted molar refractivity (Wildman–Crippen MR) is 80.6 cm³/mol. The van der Waals surface area contributed by atoms with E-state index >= 15 is 0 Å². The zero-order chi connectivity index (χ0) is 17.5. The Morgan fingerprint density at radius 3 is 2.71 bits per heavy atom. The van der Waals surface area contributed by atoms with Gasteiger partial charge in [-0.05, 0) is 26.0 Å². The van der Waals surface area contributed by atoms with Crippen LogP contribution in [-0.2, 0) is 0 Å². The molecule has 2 aromatic heterocycles. The van der Waals surface area contributed by atoms with Crippen molar-refractivity contribution in [2.45, 2.75) is 25.6 Å². The second kappa shape index (κ2) is 5.73. The molecule has 0 saturated carbocycles. The van der Waals surface area contributed by atoms with E-state index in [1.165, 1.54) is 11.2 Å². The van der Waals surface area contributed by atoms with Crippen molar-refractivity contribution in [1.82, 2.24) is 24.4 Å². The lowest BCUT2D eigenvalue weighted by Gasteiger charge is -2.47. The normalized spacial score (nSPS) is 19.0. The molecule has 6 nitrogen and oxygen atoms in total. The first kappa shape index (κ1) is 16.7. The molecule has 1 fully saturated rings. The molecule has 0 spiro atoms. The lowest BCUT2D eigenvalue weighted by Crippen LogP contribution is -2.62. The predicted octanol–water partition coefficient (Wildman–Crippen LogP) is 1.83. The number of rotatable bonds is 2. The van der Waals surface area contributed by atoms with Crippen molar-refractivity contribution in [2.24, 2.45) is 0 Å². The van der Waals surface area contributed by atoms with Crippen molar-refractivity contribution >= 4 is 11.6 Å². The third-order valence-corrected chi connectivity index (χ3v) is 4.17. The molecule has 3 rings (SSSR count). The summed E-state index contributed by atoms with van der Waals surface area (Å²) in [6, 6.07) is 3.34. The third kappa shape index (κ3) is 3.35. The number of carbonyl (C=O) groups excluding carboxylic acids is 1. The maximum atomic E-state index is 12.8. The average molecular weight is 341 g/mol. The van der Waals surface area contributed by atoms with Crippen LogP contribution >= 0.6 is 0 Å². The van der Waals surface area contributed by atoms with Gasteiger partial charge in [0.15, 0.2) is 5.65 Å². The Kier molecular flexibility index (Phi) is 3.98. The van der Waals surface area contributed by atoms with E-state index < -0.39 is 18.3 Å². The molecule has 0 atom stereocenters.